The molecule has 4 aromatic carbocycles. The van der Waals surface area contributed by atoms with Gasteiger partial charge in [-0.1, -0.05) is 55.5 Å². The predicted octanol–water partition coefficient (Wildman–Crippen LogP) is 5.35. The van der Waals surface area contributed by atoms with Gasteiger partial charge >= 0.3 is 35.5 Å². The second-order valence-electron chi connectivity index (χ2n) is 10.0. The molecule has 6 aromatic rings. The second-order valence-corrected chi connectivity index (χ2v) is 12.2. The van der Waals surface area contributed by atoms with E-state index in [0.717, 1.165) is 53.1 Å². The minimum atomic E-state index is -0.817. The molecule has 0 aliphatic rings. The number of hydrogen-bond donors (Lipinski definition) is 1. The molecule has 0 saturated carbocycles. The molecule has 0 radical (unpaired) electrons. The van der Waals surface area contributed by atoms with Crippen molar-refractivity contribution in [1.82, 2.24) is 9.97 Å². The second kappa shape index (κ2) is 13.4. The summed E-state index contributed by atoms with van der Waals surface area (Å²) >= 11 is 3.26. The van der Waals surface area contributed by atoms with E-state index in [1.165, 1.54) is 0 Å². The van der Waals surface area contributed by atoms with E-state index in [2.05, 4.69) is 29.0 Å². The van der Waals surface area contributed by atoms with Crippen LogP contribution in [-0.4, -0.2) is 21.0 Å². The Morgan fingerprint density at radius 2 is 1.17 bits per heavy atom. The molecule has 0 aliphatic heterocycles. The van der Waals surface area contributed by atoms with Gasteiger partial charge in [0.2, 0.25) is 0 Å². The number of aliphatic carboxylic acids is 1. The molecule has 9 heteroatoms. The number of carboxylic acids is 1. The number of thiazole rings is 2. The Balaban J connectivity index is 0.00000212. The maximum atomic E-state index is 11.5. The van der Waals surface area contributed by atoms with Gasteiger partial charge in [0.05, 0.1) is 20.4 Å². The number of carbonyl (C=O) groups is 1. The summed E-state index contributed by atoms with van der Waals surface area (Å²) in [5, 5.41) is 11.3. The average Bonchev–Trinajstić information content (AvgIpc) is 3.62. The minimum Gasteiger partial charge on any atom is -1.00 e. The maximum Gasteiger partial charge on any atom is 1.00 e. The van der Waals surface area contributed by atoms with Crippen molar-refractivity contribution >= 4 is 49.1 Å². The number of hydrogen-bond acceptors (Lipinski definition) is 7. The molecule has 0 saturated heterocycles. The number of rotatable bonds is 11. The van der Waals surface area contributed by atoms with Gasteiger partial charge in [-0.05, 0) is 66.1 Å². The van der Waals surface area contributed by atoms with Crippen LogP contribution < -0.4 is 39.0 Å². The minimum absolute atomic E-state index is 0. The van der Waals surface area contributed by atoms with Crippen molar-refractivity contribution in [2.75, 3.05) is 0 Å². The zero-order chi connectivity index (χ0) is 28.2. The first-order valence-corrected chi connectivity index (χ1v) is 15.0. The van der Waals surface area contributed by atoms with E-state index in [1.807, 2.05) is 84.9 Å². The summed E-state index contributed by atoms with van der Waals surface area (Å²) in [6, 6.07) is 32.0. The first-order valence-electron chi connectivity index (χ1n) is 13.3. The zero-order valence-corrected chi connectivity index (χ0v) is 27.1. The van der Waals surface area contributed by atoms with Crippen molar-refractivity contribution in [2.45, 2.75) is 38.4 Å². The molecule has 0 unspecified atom stereocenters. The van der Waals surface area contributed by atoms with Gasteiger partial charge in [0, 0.05) is 11.8 Å². The topological polar surface area (TPSA) is 81.5 Å². The van der Waals surface area contributed by atoms with Crippen molar-refractivity contribution in [3.8, 4) is 11.5 Å². The van der Waals surface area contributed by atoms with E-state index in [4.69, 9.17) is 9.47 Å². The van der Waals surface area contributed by atoms with Crippen LogP contribution in [0.5, 0.6) is 11.5 Å². The van der Waals surface area contributed by atoms with Gasteiger partial charge in [0.15, 0.2) is 0 Å². The first-order chi connectivity index (χ1) is 20.0. The van der Waals surface area contributed by atoms with Gasteiger partial charge < -0.3 is 16.0 Å². The number of fused-ring (bicyclic) bond motifs is 2. The fourth-order valence-corrected chi connectivity index (χ4v) is 6.66. The van der Waals surface area contributed by atoms with Crippen molar-refractivity contribution < 1.29 is 50.4 Å². The third kappa shape index (κ3) is 6.85. The molecular weight excluding hydrogens is 575 g/mol. The monoisotopic (exact) mass is 604 g/mol. The fourth-order valence-electron chi connectivity index (χ4n) is 4.90. The number of ether oxygens (including phenoxy) is 2. The molecule has 0 amide bonds. The predicted molar refractivity (Wildman–Crippen MR) is 165 cm³/mol. The van der Waals surface area contributed by atoms with Crippen LogP contribution in [0.25, 0.3) is 20.4 Å². The number of aromatic nitrogens is 2. The summed E-state index contributed by atoms with van der Waals surface area (Å²) in [5.74, 6) is 0.669. The van der Waals surface area contributed by atoms with Gasteiger partial charge in [-0.15, -0.1) is 22.7 Å². The summed E-state index contributed by atoms with van der Waals surface area (Å²) < 4.78 is 14.3. The van der Waals surface area contributed by atoms with E-state index in [0.29, 0.717) is 19.6 Å². The molecule has 0 fully saturated rings. The molecule has 208 valence electrons. The van der Waals surface area contributed by atoms with Crippen LogP contribution in [0.3, 0.4) is 0 Å². The van der Waals surface area contributed by atoms with Crippen LogP contribution in [0.1, 0.15) is 42.3 Å². The quantitative estimate of drug-likeness (QED) is 0.201. The van der Waals surface area contributed by atoms with Crippen molar-refractivity contribution in [3.63, 3.8) is 0 Å². The van der Waals surface area contributed by atoms with Gasteiger partial charge in [-0.2, -0.15) is 0 Å². The van der Waals surface area contributed by atoms with Gasteiger partial charge in [0.1, 0.15) is 34.7 Å². The number of nitrogens with zero attached hydrogens (tertiary/aromatic N) is 2. The standard InChI is InChI=1S/C33H28N2O4S2.Na.H/c1-33(19-18-32(36)37,22-10-14-24(15-11-22)38-20-30-34-26-6-2-4-8-28(26)40-30)23-12-16-25(17-13-23)39-21-31-35-27-7-3-5-9-29(27)41-31;;/h2-17H,18-21H2,1H3,(H,36,37);;/q;+1;-1. The van der Waals surface area contributed by atoms with Gasteiger partial charge in [0.25, 0.3) is 0 Å². The van der Waals surface area contributed by atoms with E-state index in [9.17, 15) is 9.90 Å². The van der Waals surface area contributed by atoms with Gasteiger partial charge in [-0.25, -0.2) is 9.97 Å². The summed E-state index contributed by atoms with van der Waals surface area (Å²) in [4.78, 5) is 20.8. The Morgan fingerprint density at radius 3 is 1.57 bits per heavy atom. The van der Waals surface area contributed by atoms with Crippen LogP contribution in [0.15, 0.2) is 97.1 Å². The van der Waals surface area contributed by atoms with E-state index in [-0.39, 0.29) is 37.4 Å². The van der Waals surface area contributed by atoms with Crippen molar-refractivity contribution in [3.05, 3.63) is 118 Å². The number of carboxylic acid groups (broad SMARTS) is 1. The molecule has 2 aromatic heterocycles. The van der Waals surface area contributed by atoms with E-state index in [1.54, 1.807) is 22.7 Å². The summed E-state index contributed by atoms with van der Waals surface area (Å²) in [6.07, 6.45) is 0.516. The van der Waals surface area contributed by atoms with Crippen LogP contribution in [0.2, 0.25) is 0 Å². The normalized spacial score (nSPS) is 11.4. The summed E-state index contributed by atoms with van der Waals surface area (Å²) in [5.41, 5.74) is 3.50. The Morgan fingerprint density at radius 1 is 0.738 bits per heavy atom. The SMILES string of the molecule is CC(CCC(=O)O)(c1ccc(OCc2nc3ccccc3s2)cc1)c1ccc(OCc2nc3ccccc3s2)cc1.[H-].[Na+]. The Kier molecular flexibility index (Phi) is 9.60. The molecular formula is C33H29N2NaO4S2. The third-order valence-electron chi connectivity index (χ3n) is 7.22. The Labute approximate surface area is 275 Å². The van der Waals surface area contributed by atoms with Crippen molar-refractivity contribution in [1.29, 1.82) is 0 Å². The van der Waals surface area contributed by atoms with Crippen LogP contribution in [0.4, 0.5) is 0 Å². The molecule has 6 nitrogen and oxygen atoms in total. The van der Waals surface area contributed by atoms with E-state index < -0.39 is 11.4 Å². The largest absolute Gasteiger partial charge is 1.00 e. The number of benzene rings is 4. The molecule has 1 N–H and O–H groups in total. The molecule has 0 spiro atoms. The van der Waals surface area contributed by atoms with Crippen LogP contribution in [0, 0.1) is 0 Å². The molecule has 2 heterocycles. The van der Waals surface area contributed by atoms with E-state index >= 15 is 0 Å². The average molecular weight is 605 g/mol. The number of para-hydroxylation sites is 2. The molecule has 6 rings (SSSR count). The molecule has 42 heavy (non-hydrogen) atoms. The Hall–Kier alpha value is -3.27. The molecule has 0 atom stereocenters. The smallest absolute Gasteiger partial charge is 1.00 e. The Bertz CT molecular complexity index is 1620. The summed E-state index contributed by atoms with van der Waals surface area (Å²) in [6.45, 7) is 2.88. The molecule has 0 bridgehead atoms. The fraction of sp³-hybridized carbons (Fsp3) is 0.182. The van der Waals surface area contributed by atoms with Crippen molar-refractivity contribution in [2.24, 2.45) is 0 Å². The zero-order valence-electron chi connectivity index (χ0n) is 24.4. The third-order valence-corrected chi connectivity index (χ3v) is 9.24. The first kappa shape index (κ1) is 30.2. The van der Waals surface area contributed by atoms with Gasteiger partial charge in [-0.3, -0.25) is 4.79 Å². The van der Waals surface area contributed by atoms with Crippen LogP contribution in [-0.2, 0) is 23.4 Å². The maximum absolute atomic E-state index is 11.5. The molecule has 0 aliphatic carbocycles. The van der Waals surface area contributed by atoms with Crippen LogP contribution >= 0.6 is 22.7 Å². The summed E-state index contributed by atoms with van der Waals surface area (Å²) in [7, 11) is 0.